The number of halogens is 2. The van der Waals surface area contributed by atoms with Gasteiger partial charge in [-0.3, -0.25) is 9.59 Å². The third kappa shape index (κ3) is 8.17. The van der Waals surface area contributed by atoms with Gasteiger partial charge in [-0.25, -0.2) is 8.78 Å². The van der Waals surface area contributed by atoms with E-state index in [-0.39, 0.29) is 24.3 Å². The smallest absolute Gasteiger partial charge is 0.311 e. The second-order valence-electron chi connectivity index (χ2n) is 11.5. The Morgan fingerprint density at radius 3 is 1.47 bits per heavy atom. The molecule has 2 heterocycles. The zero-order chi connectivity index (χ0) is 31.3. The SMILES string of the molecule is Cc1c(F)cc(OC(=O)CCCCCC(=O)Oc2cc(F)c(C)c3scc(CCN(C)C)c23)c2c(CCN(C)C)csc12. The molecule has 0 aliphatic rings. The molecule has 0 radical (unpaired) electrons. The van der Waals surface area contributed by atoms with Gasteiger partial charge >= 0.3 is 11.9 Å². The number of ether oxygens (including phenoxy) is 2. The average Bonchev–Trinajstić information content (AvgIpc) is 3.57. The molecule has 0 aliphatic carbocycles. The minimum absolute atomic E-state index is 0.150. The van der Waals surface area contributed by atoms with Crippen LogP contribution in [0.5, 0.6) is 11.5 Å². The number of aryl methyl sites for hydroxylation is 2. The third-order valence-electron chi connectivity index (χ3n) is 7.51. The van der Waals surface area contributed by atoms with E-state index in [1.165, 1.54) is 34.8 Å². The van der Waals surface area contributed by atoms with Gasteiger partial charge in [0.05, 0.1) is 0 Å². The van der Waals surface area contributed by atoms with Crippen LogP contribution in [0.25, 0.3) is 20.2 Å². The monoisotopic (exact) mass is 630 g/mol. The summed E-state index contributed by atoms with van der Waals surface area (Å²) >= 11 is 2.93. The highest BCUT2D eigenvalue weighted by molar-refractivity contribution is 7.18. The quantitative estimate of drug-likeness (QED) is 0.0810. The lowest BCUT2D eigenvalue weighted by molar-refractivity contribution is -0.134. The van der Waals surface area contributed by atoms with Crippen molar-refractivity contribution in [2.75, 3.05) is 41.3 Å². The zero-order valence-corrected chi connectivity index (χ0v) is 27.4. The fourth-order valence-corrected chi connectivity index (χ4v) is 7.21. The number of carbonyl (C=O) groups is 2. The Morgan fingerprint density at radius 1 is 0.698 bits per heavy atom. The minimum atomic E-state index is -0.433. The molecule has 0 atom stereocenters. The molecule has 0 saturated carbocycles. The molecule has 0 N–H and O–H groups in total. The highest BCUT2D eigenvalue weighted by Gasteiger charge is 2.20. The van der Waals surface area contributed by atoms with Crippen molar-refractivity contribution < 1.29 is 27.8 Å². The maximum absolute atomic E-state index is 14.6. The molecule has 4 aromatic rings. The lowest BCUT2D eigenvalue weighted by Crippen LogP contribution is -2.15. The largest absolute Gasteiger partial charge is 0.426 e. The highest BCUT2D eigenvalue weighted by atomic mass is 32.1. The molecule has 10 heteroatoms. The van der Waals surface area contributed by atoms with Gasteiger partial charge in [0.2, 0.25) is 0 Å². The molecule has 0 unspecified atom stereocenters. The van der Waals surface area contributed by atoms with E-state index in [1.807, 2.05) is 39.0 Å². The second kappa shape index (κ2) is 14.7. The summed E-state index contributed by atoms with van der Waals surface area (Å²) in [5.74, 6) is -1.14. The molecule has 0 amide bonds. The number of hydrogen-bond donors (Lipinski definition) is 0. The molecular weight excluding hydrogens is 591 g/mol. The number of carbonyl (C=O) groups excluding carboxylic acids is 2. The van der Waals surface area contributed by atoms with Gasteiger partial charge in [0, 0.05) is 69.4 Å². The molecule has 2 aromatic carbocycles. The van der Waals surface area contributed by atoms with Crippen molar-refractivity contribution in [1.29, 1.82) is 0 Å². The van der Waals surface area contributed by atoms with Gasteiger partial charge in [-0.15, -0.1) is 22.7 Å². The summed E-state index contributed by atoms with van der Waals surface area (Å²) in [4.78, 5) is 29.5. The van der Waals surface area contributed by atoms with Crippen LogP contribution in [0.3, 0.4) is 0 Å². The van der Waals surface area contributed by atoms with Crippen molar-refractivity contribution in [3.8, 4) is 11.5 Å². The van der Waals surface area contributed by atoms with Gasteiger partial charge < -0.3 is 19.3 Å². The Morgan fingerprint density at radius 2 is 1.09 bits per heavy atom. The first-order chi connectivity index (χ1) is 20.5. The van der Waals surface area contributed by atoms with E-state index < -0.39 is 23.6 Å². The first-order valence-electron chi connectivity index (χ1n) is 14.5. The van der Waals surface area contributed by atoms with Crippen molar-refractivity contribution in [1.82, 2.24) is 9.80 Å². The maximum atomic E-state index is 14.6. The van der Waals surface area contributed by atoms with Crippen LogP contribution in [-0.4, -0.2) is 63.0 Å². The van der Waals surface area contributed by atoms with Gasteiger partial charge in [-0.1, -0.05) is 6.42 Å². The van der Waals surface area contributed by atoms with Crippen LogP contribution in [0.15, 0.2) is 22.9 Å². The summed E-state index contributed by atoms with van der Waals surface area (Å²) in [5, 5.41) is 5.63. The summed E-state index contributed by atoms with van der Waals surface area (Å²) in [6.07, 6.45) is 3.48. The number of thiophene rings is 2. The molecule has 4 rings (SSSR count). The van der Waals surface area contributed by atoms with E-state index in [0.717, 1.165) is 57.2 Å². The normalized spacial score (nSPS) is 11.8. The van der Waals surface area contributed by atoms with Gasteiger partial charge in [-0.05, 0) is 89.6 Å². The average molecular weight is 631 g/mol. The number of hydrogen-bond acceptors (Lipinski definition) is 8. The molecule has 0 spiro atoms. The van der Waals surface area contributed by atoms with Gasteiger partial charge in [0.1, 0.15) is 23.1 Å². The van der Waals surface area contributed by atoms with E-state index >= 15 is 0 Å². The van der Waals surface area contributed by atoms with Crippen LogP contribution in [0, 0.1) is 25.5 Å². The van der Waals surface area contributed by atoms with Crippen LogP contribution in [0.1, 0.15) is 54.4 Å². The van der Waals surface area contributed by atoms with Gasteiger partial charge in [-0.2, -0.15) is 0 Å². The molecule has 2 aromatic heterocycles. The summed E-state index contributed by atoms with van der Waals surface area (Å²) in [6.45, 7) is 5.13. The van der Waals surface area contributed by atoms with E-state index in [1.54, 1.807) is 13.8 Å². The van der Waals surface area contributed by atoms with Crippen molar-refractivity contribution in [3.63, 3.8) is 0 Å². The van der Waals surface area contributed by atoms with Crippen molar-refractivity contribution in [2.45, 2.75) is 58.8 Å². The first-order valence-corrected chi connectivity index (χ1v) is 16.3. The predicted molar refractivity (Wildman–Crippen MR) is 172 cm³/mol. The van der Waals surface area contributed by atoms with Crippen LogP contribution >= 0.6 is 22.7 Å². The Hall–Kier alpha value is -2.92. The van der Waals surface area contributed by atoms with E-state index in [9.17, 15) is 18.4 Å². The molecule has 0 bridgehead atoms. The third-order valence-corrected chi connectivity index (χ3v) is 9.80. The summed E-state index contributed by atoms with van der Waals surface area (Å²) in [5.41, 5.74) is 3.19. The number of likely N-dealkylation sites (N-methyl/N-ethyl adjacent to an activating group) is 2. The molecule has 0 aliphatic heterocycles. The Balaban J connectivity index is 1.31. The predicted octanol–water partition coefficient (Wildman–Crippen LogP) is 7.68. The number of benzene rings is 2. The number of unbranched alkanes of at least 4 members (excludes halogenated alkanes) is 2. The van der Waals surface area contributed by atoms with Gasteiger partial charge in [0.15, 0.2) is 0 Å². The van der Waals surface area contributed by atoms with Crippen molar-refractivity contribution in [2.24, 2.45) is 0 Å². The number of nitrogens with zero attached hydrogens (tertiary/aromatic N) is 2. The number of fused-ring (bicyclic) bond motifs is 2. The molecule has 0 fully saturated rings. The maximum Gasteiger partial charge on any atom is 0.311 e. The molecule has 6 nitrogen and oxygen atoms in total. The fourth-order valence-electron chi connectivity index (χ4n) is 4.97. The minimum Gasteiger partial charge on any atom is -0.426 e. The molecular formula is C33H40F2N2O4S2. The van der Waals surface area contributed by atoms with Crippen molar-refractivity contribution in [3.05, 3.63) is 56.8 Å². The Labute approximate surface area is 260 Å². The Bertz CT molecular complexity index is 1490. The lowest BCUT2D eigenvalue weighted by Gasteiger charge is -2.12. The van der Waals surface area contributed by atoms with E-state index in [4.69, 9.17) is 9.47 Å². The molecule has 43 heavy (non-hydrogen) atoms. The lowest BCUT2D eigenvalue weighted by atomic mass is 10.1. The topological polar surface area (TPSA) is 59.1 Å². The zero-order valence-electron chi connectivity index (χ0n) is 25.8. The van der Waals surface area contributed by atoms with Crippen LogP contribution < -0.4 is 9.47 Å². The standard InChI is InChI=1S/C33H40F2N2O4S2/c1-20-24(34)16-26(30-22(12-14-36(3)4)18-42-32(20)30)40-28(38)10-8-7-9-11-29(39)41-27-17-25(35)21(2)33-31(27)23(19-43-33)13-15-37(5)6/h16-19H,7-15H2,1-6H3. The van der Waals surface area contributed by atoms with Crippen LogP contribution in [0.2, 0.25) is 0 Å². The Kier molecular flexibility index (Phi) is 11.3. The first kappa shape index (κ1) is 33.0. The van der Waals surface area contributed by atoms with E-state index in [2.05, 4.69) is 9.80 Å². The number of esters is 2. The van der Waals surface area contributed by atoms with Crippen LogP contribution in [-0.2, 0) is 22.4 Å². The fraction of sp³-hybridized carbons (Fsp3) is 0.455. The summed E-state index contributed by atoms with van der Waals surface area (Å²) in [7, 11) is 7.98. The van der Waals surface area contributed by atoms with Crippen molar-refractivity contribution >= 4 is 54.8 Å². The molecule has 0 saturated heterocycles. The second-order valence-corrected chi connectivity index (χ2v) is 13.3. The summed E-state index contributed by atoms with van der Waals surface area (Å²) < 4.78 is 42.1. The summed E-state index contributed by atoms with van der Waals surface area (Å²) in [6, 6.07) is 2.61. The van der Waals surface area contributed by atoms with E-state index in [0.29, 0.717) is 30.4 Å². The number of rotatable bonds is 14. The highest BCUT2D eigenvalue weighted by Crippen LogP contribution is 2.39. The van der Waals surface area contributed by atoms with Gasteiger partial charge in [0.25, 0.3) is 0 Å². The molecule has 232 valence electrons. The van der Waals surface area contributed by atoms with Crippen LogP contribution in [0.4, 0.5) is 8.78 Å².